The van der Waals surface area contributed by atoms with Crippen molar-refractivity contribution < 1.29 is 18.8 Å². The first kappa shape index (κ1) is 20.7. The highest BCUT2D eigenvalue weighted by molar-refractivity contribution is 5.96. The normalized spacial score (nSPS) is 13.5. The fourth-order valence-electron chi connectivity index (χ4n) is 3.60. The van der Waals surface area contributed by atoms with Crippen LogP contribution in [0.1, 0.15) is 35.4 Å². The van der Waals surface area contributed by atoms with E-state index in [1.165, 1.54) is 0 Å². The summed E-state index contributed by atoms with van der Waals surface area (Å²) in [5, 5.41) is 6.82. The molecule has 0 unspecified atom stereocenters. The lowest BCUT2D eigenvalue weighted by atomic mass is 10.1. The molecule has 0 aliphatic carbocycles. The Balaban J connectivity index is 1.29. The molecular weight excluding hydrogens is 394 g/mol. The molecule has 3 aromatic rings. The zero-order valence-corrected chi connectivity index (χ0v) is 17.7. The molecule has 0 bridgehead atoms. The third-order valence-electron chi connectivity index (χ3n) is 5.39. The lowest BCUT2D eigenvalue weighted by Gasteiger charge is -2.16. The molecule has 0 radical (unpaired) electrons. The number of carbonyl (C=O) groups is 2. The Morgan fingerprint density at radius 2 is 1.87 bits per heavy atom. The molecule has 1 fully saturated rings. The average Bonchev–Trinajstić information content (AvgIpc) is 3.33. The number of amides is 2. The molecule has 2 amide bonds. The van der Waals surface area contributed by atoms with Crippen LogP contribution in [-0.4, -0.2) is 23.5 Å². The van der Waals surface area contributed by atoms with Crippen LogP contribution in [0.15, 0.2) is 53.1 Å². The monoisotopic (exact) mass is 419 g/mol. The molecule has 7 heteroatoms. The van der Waals surface area contributed by atoms with Crippen LogP contribution in [0, 0.1) is 13.8 Å². The molecule has 4 rings (SSSR count). The number of anilines is 2. The Morgan fingerprint density at radius 1 is 1.13 bits per heavy atom. The second kappa shape index (κ2) is 9.04. The number of hydrogen-bond acceptors (Lipinski definition) is 5. The van der Waals surface area contributed by atoms with Crippen LogP contribution in [0.4, 0.5) is 11.4 Å². The minimum Gasteiger partial charge on any atom is -0.489 e. The molecule has 2 aromatic carbocycles. The van der Waals surface area contributed by atoms with Gasteiger partial charge in [0.25, 0.3) is 0 Å². The Bertz CT molecular complexity index is 1050. The second-order valence-electron chi connectivity index (χ2n) is 7.66. The Morgan fingerprint density at radius 3 is 2.48 bits per heavy atom. The van der Waals surface area contributed by atoms with E-state index in [1.54, 1.807) is 4.90 Å². The molecule has 1 aliphatic heterocycles. The maximum Gasteiger partial charge on any atom is 0.228 e. The van der Waals surface area contributed by atoms with Gasteiger partial charge in [0.15, 0.2) is 0 Å². The van der Waals surface area contributed by atoms with Crippen molar-refractivity contribution in [1.29, 1.82) is 0 Å². The van der Waals surface area contributed by atoms with E-state index >= 15 is 0 Å². The Labute approximate surface area is 181 Å². The van der Waals surface area contributed by atoms with Gasteiger partial charge >= 0.3 is 0 Å². The number of nitrogens with one attached hydrogen (secondary N) is 1. The smallest absolute Gasteiger partial charge is 0.228 e. The van der Waals surface area contributed by atoms with E-state index in [2.05, 4.69) is 10.5 Å². The lowest BCUT2D eigenvalue weighted by Crippen LogP contribution is -2.23. The van der Waals surface area contributed by atoms with E-state index in [1.807, 2.05) is 62.4 Å². The van der Waals surface area contributed by atoms with Gasteiger partial charge in [-0.1, -0.05) is 17.3 Å². The molecule has 31 heavy (non-hydrogen) atoms. The average molecular weight is 419 g/mol. The molecule has 2 heterocycles. The maximum absolute atomic E-state index is 12.4. The number of carbonyl (C=O) groups excluding carboxylic acids is 2. The van der Waals surface area contributed by atoms with Crippen molar-refractivity contribution in [2.24, 2.45) is 0 Å². The van der Waals surface area contributed by atoms with Gasteiger partial charge < -0.3 is 19.5 Å². The van der Waals surface area contributed by atoms with Crippen molar-refractivity contribution in [2.45, 2.75) is 39.7 Å². The number of benzene rings is 2. The van der Waals surface area contributed by atoms with Crippen molar-refractivity contribution in [3.8, 4) is 5.75 Å². The maximum atomic E-state index is 12.4. The summed E-state index contributed by atoms with van der Waals surface area (Å²) in [5.74, 6) is 1.52. The first-order valence-electron chi connectivity index (χ1n) is 10.3. The topological polar surface area (TPSA) is 84.7 Å². The number of nitrogens with zero attached hydrogens (tertiary/aromatic N) is 2. The highest BCUT2D eigenvalue weighted by Crippen LogP contribution is 2.23. The van der Waals surface area contributed by atoms with Crippen LogP contribution in [0.3, 0.4) is 0 Å². The van der Waals surface area contributed by atoms with Crippen LogP contribution < -0.4 is 15.0 Å². The number of aryl methyl sites for hydroxylation is 2. The van der Waals surface area contributed by atoms with Gasteiger partial charge in [-0.3, -0.25) is 9.59 Å². The van der Waals surface area contributed by atoms with Crippen LogP contribution in [0.5, 0.6) is 5.75 Å². The van der Waals surface area contributed by atoms with Crippen LogP contribution in [0.2, 0.25) is 0 Å². The molecule has 0 atom stereocenters. The van der Waals surface area contributed by atoms with E-state index in [9.17, 15) is 9.59 Å². The molecule has 1 aromatic heterocycles. The molecule has 1 saturated heterocycles. The number of aromatic nitrogens is 1. The summed E-state index contributed by atoms with van der Waals surface area (Å²) in [4.78, 5) is 26.0. The molecule has 160 valence electrons. The minimum atomic E-state index is -0.102. The molecule has 1 N–H and O–H groups in total. The van der Waals surface area contributed by atoms with Gasteiger partial charge in [0.2, 0.25) is 11.8 Å². The molecule has 0 saturated carbocycles. The second-order valence-corrected chi connectivity index (χ2v) is 7.66. The molecular formula is C24H25N3O4. The number of rotatable bonds is 7. The van der Waals surface area contributed by atoms with E-state index in [0.29, 0.717) is 18.7 Å². The third-order valence-corrected chi connectivity index (χ3v) is 5.39. The zero-order valence-electron chi connectivity index (χ0n) is 17.7. The SMILES string of the molecule is Cc1noc(C)c1COc1ccc(CC(=O)Nc2ccc(N3CCCC3=O)cc2)cc1. The fourth-order valence-corrected chi connectivity index (χ4v) is 3.60. The summed E-state index contributed by atoms with van der Waals surface area (Å²) in [6.07, 6.45) is 1.75. The lowest BCUT2D eigenvalue weighted by molar-refractivity contribution is -0.117. The van der Waals surface area contributed by atoms with E-state index in [0.717, 1.165) is 47.0 Å². The highest BCUT2D eigenvalue weighted by atomic mass is 16.5. The van der Waals surface area contributed by atoms with Gasteiger partial charge in [-0.15, -0.1) is 0 Å². The standard InChI is InChI=1S/C24H25N3O4/c1-16-22(17(2)31-26-16)15-30-21-11-5-18(6-12-21)14-23(28)25-19-7-9-20(10-8-19)27-13-3-4-24(27)29/h5-12H,3-4,13-15H2,1-2H3,(H,25,28). The summed E-state index contributed by atoms with van der Waals surface area (Å²) in [7, 11) is 0. The minimum absolute atomic E-state index is 0.102. The van der Waals surface area contributed by atoms with Gasteiger partial charge in [-0.05, 0) is 62.2 Å². The summed E-state index contributed by atoms with van der Waals surface area (Å²) >= 11 is 0. The Kier molecular flexibility index (Phi) is 6.02. The van der Waals surface area contributed by atoms with Crippen molar-refractivity contribution in [3.05, 3.63) is 71.1 Å². The highest BCUT2D eigenvalue weighted by Gasteiger charge is 2.21. The summed E-state index contributed by atoms with van der Waals surface area (Å²) < 4.78 is 10.9. The first-order valence-corrected chi connectivity index (χ1v) is 10.3. The largest absolute Gasteiger partial charge is 0.489 e. The van der Waals surface area contributed by atoms with Gasteiger partial charge in [0.05, 0.1) is 17.7 Å². The van der Waals surface area contributed by atoms with Crippen molar-refractivity contribution in [2.75, 3.05) is 16.8 Å². The van der Waals surface area contributed by atoms with Crippen molar-refractivity contribution >= 4 is 23.2 Å². The summed E-state index contributed by atoms with van der Waals surface area (Å²) in [5.41, 5.74) is 4.24. The van der Waals surface area contributed by atoms with E-state index in [-0.39, 0.29) is 18.2 Å². The van der Waals surface area contributed by atoms with Gasteiger partial charge in [0, 0.05) is 24.3 Å². The zero-order chi connectivity index (χ0) is 21.8. The van der Waals surface area contributed by atoms with Crippen LogP contribution >= 0.6 is 0 Å². The summed E-state index contributed by atoms with van der Waals surface area (Å²) in [6, 6.07) is 14.8. The quantitative estimate of drug-likeness (QED) is 0.621. The molecule has 1 aliphatic rings. The van der Waals surface area contributed by atoms with Crippen LogP contribution in [0.25, 0.3) is 0 Å². The first-order chi connectivity index (χ1) is 15.0. The van der Waals surface area contributed by atoms with Crippen molar-refractivity contribution in [1.82, 2.24) is 5.16 Å². The van der Waals surface area contributed by atoms with Crippen molar-refractivity contribution in [3.63, 3.8) is 0 Å². The predicted molar refractivity (Wildman–Crippen MR) is 117 cm³/mol. The van der Waals surface area contributed by atoms with E-state index < -0.39 is 0 Å². The fraction of sp³-hybridized carbons (Fsp3) is 0.292. The predicted octanol–water partition coefficient (Wildman–Crippen LogP) is 4.18. The number of ether oxygens (including phenoxy) is 1. The van der Waals surface area contributed by atoms with Gasteiger partial charge in [-0.2, -0.15) is 0 Å². The summed E-state index contributed by atoms with van der Waals surface area (Å²) in [6.45, 7) is 4.89. The Hall–Kier alpha value is -3.61. The number of hydrogen-bond donors (Lipinski definition) is 1. The third kappa shape index (κ3) is 4.94. The van der Waals surface area contributed by atoms with Gasteiger partial charge in [0.1, 0.15) is 18.1 Å². The van der Waals surface area contributed by atoms with E-state index in [4.69, 9.17) is 9.26 Å². The molecule has 0 spiro atoms. The van der Waals surface area contributed by atoms with Gasteiger partial charge in [-0.25, -0.2) is 0 Å². The van der Waals surface area contributed by atoms with Crippen LogP contribution in [-0.2, 0) is 22.6 Å². The molecule has 7 nitrogen and oxygen atoms in total.